The minimum absolute atomic E-state index is 0.185. The number of aromatic nitrogens is 6. The first-order valence-corrected chi connectivity index (χ1v) is 12.0. The summed E-state index contributed by atoms with van der Waals surface area (Å²) in [5.74, 6) is 0.686. The number of hydrogen-bond acceptors (Lipinski definition) is 8. The number of piperazine rings is 1. The standard InChI is InChI=1S/C22H28N8OS/c1-5-14-11-30(20-19-18(9-24-27-19)28(4)22(31)26-20)15(6-2)10-29(14)13(3)16-7-8-17-21(25-16)32-12-23-17/h7-9,12-15H,5-6,10-11H2,1-4H3,(H,24,27)/t13?,14-,15+/m1/s1. The number of fused-ring (bicyclic) bond motifs is 2. The normalized spacial score (nSPS) is 20.9. The third-order valence-corrected chi connectivity index (χ3v) is 7.51. The van der Waals surface area contributed by atoms with Crippen molar-refractivity contribution in [3.05, 3.63) is 40.0 Å². The molecule has 0 radical (unpaired) electrons. The lowest BCUT2D eigenvalue weighted by Gasteiger charge is -2.48. The minimum atomic E-state index is -0.255. The summed E-state index contributed by atoms with van der Waals surface area (Å²) in [7, 11) is 1.73. The van der Waals surface area contributed by atoms with Gasteiger partial charge in [-0.1, -0.05) is 13.8 Å². The van der Waals surface area contributed by atoms with Crippen molar-refractivity contribution in [1.82, 2.24) is 34.6 Å². The van der Waals surface area contributed by atoms with E-state index in [4.69, 9.17) is 4.98 Å². The van der Waals surface area contributed by atoms with E-state index >= 15 is 0 Å². The summed E-state index contributed by atoms with van der Waals surface area (Å²) >= 11 is 1.58. The van der Waals surface area contributed by atoms with Crippen molar-refractivity contribution in [2.45, 2.75) is 51.7 Å². The molecule has 32 heavy (non-hydrogen) atoms. The van der Waals surface area contributed by atoms with E-state index in [0.29, 0.717) is 11.9 Å². The molecule has 1 unspecified atom stereocenters. The number of pyridine rings is 1. The molecule has 3 atom stereocenters. The molecule has 0 bridgehead atoms. The monoisotopic (exact) mass is 452 g/mol. The van der Waals surface area contributed by atoms with E-state index in [-0.39, 0.29) is 17.8 Å². The van der Waals surface area contributed by atoms with Gasteiger partial charge in [-0.15, -0.1) is 11.3 Å². The third-order valence-electron chi connectivity index (χ3n) is 6.78. The van der Waals surface area contributed by atoms with E-state index < -0.39 is 0 Å². The van der Waals surface area contributed by atoms with Crippen LogP contribution in [0.15, 0.2) is 28.6 Å². The second-order valence-corrected chi connectivity index (χ2v) is 9.29. The molecule has 10 heteroatoms. The lowest BCUT2D eigenvalue weighted by atomic mass is 9.99. The second kappa shape index (κ2) is 8.25. The van der Waals surface area contributed by atoms with Crippen LogP contribution in [-0.4, -0.2) is 59.8 Å². The van der Waals surface area contributed by atoms with Crippen LogP contribution in [0, 0.1) is 0 Å². The van der Waals surface area contributed by atoms with Gasteiger partial charge >= 0.3 is 5.69 Å². The molecule has 0 spiro atoms. The molecule has 4 aromatic heterocycles. The number of aromatic amines is 1. The average Bonchev–Trinajstić information content (AvgIpc) is 3.49. The quantitative estimate of drug-likeness (QED) is 0.497. The van der Waals surface area contributed by atoms with Gasteiger partial charge in [-0.05, 0) is 31.9 Å². The maximum atomic E-state index is 12.5. The average molecular weight is 453 g/mol. The Morgan fingerprint density at radius 1 is 1.19 bits per heavy atom. The van der Waals surface area contributed by atoms with Crippen molar-refractivity contribution in [1.29, 1.82) is 0 Å². The van der Waals surface area contributed by atoms with Crippen molar-refractivity contribution >= 4 is 38.5 Å². The van der Waals surface area contributed by atoms with E-state index in [1.54, 1.807) is 29.1 Å². The SMILES string of the molecule is CC[C@H]1CN(C(C)c2ccc3ncsc3n2)[C@H](CC)CN1c1nc(=O)n(C)c2c[nH]nc12. The molecule has 1 fully saturated rings. The van der Waals surface area contributed by atoms with Crippen LogP contribution in [0.5, 0.6) is 0 Å². The third kappa shape index (κ3) is 3.38. The lowest BCUT2D eigenvalue weighted by Crippen LogP contribution is -2.59. The van der Waals surface area contributed by atoms with Gasteiger partial charge in [0.1, 0.15) is 4.83 Å². The summed E-state index contributed by atoms with van der Waals surface area (Å²) in [4.78, 5) is 32.1. The molecular weight excluding hydrogens is 424 g/mol. The molecule has 9 nitrogen and oxygen atoms in total. The Balaban J connectivity index is 1.49. The van der Waals surface area contributed by atoms with Gasteiger partial charge < -0.3 is 4.90 Å². The number of anilines is 1. The first-order valence-electron chi connectivity index (χ1n) is 11.1. The van der Waals surface area contributed by atoms with Crippen LogP contribution in [0.25, 0.3) is 21.4 Å². The van der Waals surface area contributed by atoms with Crippen LogP contribution in [0.1, 0.15) is 45.3 Å². The number of hydrogen-bond donors (Lipinski definition) is 1. The molecule has 1 aliphatic heterocycles. The van der Waals surface area contributed by atoms with Crippen LogP contribution in [0.3, 0.4) is 0 Å². The van der Waals surface area contributed by atoms with E-state index in [1.165, 1.54) is 0 Å². The lowest BCUT2D eigenvalue weighted by molar-refractivity contribution is 0.0989. The molecular formula is C22H28N8OS. The molecule has 4 aromatic rings. The molecule has 0 amide bonds. The number of thiazole rings is 1. The summed E-state index contributed by atoms with van der Waals surface area (Å²) in [6, 6.07) is 4.89. The topological polar surface area (TPSA) is 95.8 Å². The largest absolute Gasteiger partial charge is 0.349 e. The summed E-state index contributed by atoms with van der Waals surface area (Å²) < 4.78 is 1.54. The smallest absolute Gasteiger partial charge is 0.349 e. The Morgan fingerprint density at radius 2 is 2.00 bits per heavy atom. The van der Waals surface area contributed by atoms with Crippen LogP contribution in [0.4, 0.5) is 5.82 Å². The van der Waals surface area contributed by atoms with Gasteiger partial charge in [0.2, 0.25) is 0 Å². The first-order chi connectivity index (χ1) is 15.5. The van der Waals surface area contributed by atoms with Crippen LogP contribution in [0.2, 0.25) is 0 Å². The number of nitrogens with zero attached hydrogens (tertiary/aromatic N) is 7. The van der Waals surface area contributed by atoms with Crippen LogP contribution >= 0.6 is 11.3 Å². The molecule has 0 aromatic carbocycles. The molecule has 5 rings (SSSR count). The zero-order valence-electron chi connectivity index (χ0n) is 18.8. The van der Waals surface area contributed by atoms with Gasteiger partial charge in [0.25, 0.3) is 0 Å². The van der Waals surface area contributed by atoms with Gasteiger partial charge in [-0.2, -0.15) is 10.1 Å². The fourth-order valence-electron chi connectivity index (χ4n) is 4.81. The van der Waals surface area contributed by atoms with Gasteiger partial charge in [-0.25, -0.2) is 14.8 Å². The van der Waals surface area contributed by atoms with Crippen LogP contribution < -0.4 is 10.6 Å². The summed E-state index contributed by atoms with van der Waals surface area (Å²) in [6.45, 7) is 8.32. The fourth-order valence-corrected chi connectivity index (χ4v) is 5.48. The highest BCUT2D eigenvalue weighted by Crippen LogP contribution is 2.33. The van der Waals surface area contributed by atoms with Crippen molar-refractivity contribution in [3.8, 4) is 0 Å². The summed E-state index contributed by atoms with van der Waals surface area (Å²) in [6.07, 6.45) is 3.71. The predicted molar refractivity (Wildman–Crippen MR) is 127 cm³/mol. The number of nitrogens with one attached hydrogen (secondary N) is 1. The molecule has 1 aliphatic rings. The Morgan fingerprint density at radius 3 is 2.78 bits per heavy atom. The summed E-state index contributed by atoms with van der Waals surface area (Å²) in [5.41, 5.74) is 5.15. The van der Waals surface area contributed by atoms with Crippen LogP contribution in [-0.2, 0) is 7.05 Å². The zero-order valence-corrected chi connectivity index (χ0v) is 19.6. The van der Waals surface area contributed by atoms with Gasteiger partial charge in [0, 0.05) is 44.5 Å². The Labute approximate surface area is 190 Å². The molecule has 1 saturated heterocycles. The number of rotatable bonds is 5. The number of H-pyrrole nitrogens is 1. The highest BCUT2D eigenvalue weighted by atomic mass is 32.1. The Hall–Kier alpha value is -2.85. The molecule has 0 aliphatic carbocycles. The fraction of sp³-hybridized carbons (Fsp3) is 0.500. The molecule has 1 N–H and O–H groups in total. The Bertz CT molecular complexity index is 1310. The maximum Gasteiger partial charge on any atom is 0.349 e. The van der Waals surface area contributed by atoms with Gasteiger partial charge in [0.05, 0.1) is 22.2 Å². The highest BCUT2D eigenvalue weighted by molar-refractivity contribution is 7.16. The summed E-state index contributed by atoms with van der Waals surface area (Å²) in [5, 5.41) is 7.33. The molecule has 0 saturated carbocycles. The zero-order chi connectivity index (χ0) is 22.4. The van der Waals surface area contributed by atoms with Crippen molar-refractivity contribution in [2.75, 3.05) is 18.0 Å². The Kier molecular flexibility index (Phi) is 5.42. The minimum Gasteiger partial charge on any atom is -0.349 e. The van der Waals surface area contributed by atoms with E-state index in [0.717, 1.165) is 53.0 Å². The molecule has 168 valence electrons. The van der Waals surface area contributed by atoms with Gasteiger partial charge in [-0.3, -0.25) is 14.6 Å². The van der Waals surface area contributed by atoms with E-state index in [9.17, 15) is 4.79 Å². The van der Waals surface area contributed by atoms with Crippen molar-refractivity contribution in [3.63, 3.8) is 0 Å². The van der Waals surface area contributed by atoms with E-state index in [1.807, 2.05) is 5.51 Å². The first kappa shape index (κ1) is 21.0. The van der Waals surface area contributed by atoms with Crippen molar-refractivity contribution in [2.24, 2.45) is 7.05 Å². The van der Waals surface area contributed by atoms with Gasteiger partial charge in [0.15, 0.2) is 11.3 Å². The number of aryl methyl sites for hydroxylation is 1. The second-order valence-electron chi connectivity index (χ2n) is 8.46. The highest BCUT2D eigenvalue weighted by Gasteiger charge is 2.37. The van der Waals surface area contributed by atoms with E-state index in [2.05, 4.69) is 62.9 Å². The maximum absolute atomic E-state index is 12.5. The predicted octanol–water partition coefficient (Wildman–Crippen LogP) is 3.10. The molecule has 5 heterocycles. The van der Waals surface area contributed by atoms with Crippen molar-refractivity contribution < 1.29 is 0 Å².